The molecule has 3 nitrogen and oxygen atoms in total. The number of alkyl halides is 3. The minimum absolute atomic E-state index is 0.0179. The van der Waals surface area contributed by atoms with Crippen LogP contribution in [0.5, 0.6) is 0 Å². The van der Waals surface area contributed by atoms with Crippen LogP contribution < -0.4 is 5.32 Å². The molecule has 1 aromatic heterocycles. The van der Waals surface area contributed by atoms with Crippen molar-refractivity contribution < 1.29 is 22.4 Å². The molecule has 2 aromatic rings. The van der Waals surface area contributed by atoms with Crippen LogP contribution in [0.25, 0.3) is 0 Å². The van der Waals surface area contributed by atoms with Crippen LogP contribution in [0, 0.1) is 12.7 Å². The van der Waals surface area contributed by atoms with E-state index >= 15 is 0 Å². The molecule has 0 saturated carbocycles. The van der Waals surface area contributed by atoms with Crippen molar-refractivity contribution in [3.63, 3.8) is 0 Å². The third kappa shape index (κ3) is 3.60. The molecule has 0 fully saturated rings. The normalized spacial score (nSPS) is 11.3. The molecule has 0 spiro atoms. The second-order valence-electron chi connectivity index (χ2n) is 4.60. The fourth-order valence-electron chi connectivity index (χ4n) is 1.87. The topological polar surface area (TPSA) is 42.0 Å². The Bertz CT molecular complexity index is 698. The molecule has 116 valence electrons. The van der Waals surface area contributed by atoms with Gasteiger partial charge in [-0.1, -0.05) is 18.2 Å². The first-order valence-electron chi connectivity index (χ1n) is 6.35. The second-order valence-corrected chi connectivity index (χ2v) is 4.60. The number of rotatable bonds is 3. The summed E-state index contributed by atoms with van der Waals surface area (Å²) in [5.41, 5.74) is -0.797. The summed E-state index contributed by atoms with van der Waals surface area (Å²) in [6.45, 7) is 1.25. The lowest BCUT2D eigenvalue weighted by atomic mass is 10.1. The Hall–Kier alpha value is -2.44. The Balaban J connectivity index is 2.12. The SMILES string of the molecule is Cc1nc(C(F)(F)F)ccc1C(=O)NCc1ccccc1F. The van der Waals surface area contributed by atoms with Crippen LogP contribution in [0.4, 0.5) is 17.6 Å². The van der Waals surface area contributed by atoms with Crippen molar-refractivity contribution in [2.24, 2.45) is 0 Å². The molecule has 1 amide bonds. The van der Waals surface area contributed by atoms with Gasteiger partial charge in [-0.2, -0.15) is 13.2 Å². The molecule has 0 aliphatic carbocycles. The fraction of sp³-hybridized carbons (Fsp3) is 0.200. The summed E-state index contributed by atoms with van der Waals surface area (Å²) in [6.07, 6.45) is -4.56. The third-order valence-electron chi connectivity index (χ3n) is 3.02. The standard InChI is InChI=1S/C15H12F4N2O/c1-9-11(6-7-13(21-9)15(17,18)19)14(22)20-8-10-4-2-3-5-12(10)16/h2-7H,8H2,1H3,(H,20,22). The Labute approximate surface area is 124 Å². The van der Waals surface area contributed by atoms with Gasteiger partial charge in [0.1, 0.15) is 11.5 Å². The summed E-state index contributed by atoms with van der Waals surface area (Å²) < 4.78 is 50.9. The highest BCUT2D eigenvalue weighted by Crippen LogP contribution is 2.28. The van der Waals surface area contributed by atoms with E-state index < -0.39 is 23.6 Å². The number of benzene rings is 1. The largest absolute Gasteiger partial charge is 0.433 e. The van der Waals surface area contributed by atoms with Crippen molar-refractivity contribution in [2.45, 2.75) is 19.6 Å². The smallest absolute Gasteiger partial charge is 0.348 e. The Morgan fingerprint density at radius 2 is 1.86 bits per heavy atom. The monoisotopic (exact) mass is 312 g/mol. The second kappa shape index (κ2) is 6.13. The summed E-state index contributed by atoms with van der Waals surface area (Å²) >= 11 is 0. The number of aryl methyl sites for hydroxylation is 1. The highest BCUT2D eigenvalue weighted by atomic mass is 19.4. The van der Waals surface area contributed by atoms with Crippen molar-refractivity contribution >= 4 is 5.91 Å². The molecular formula is C15H12F4N2O. The van der Waals surface area contributed by atoms with Gasteiger partial charge in [0.25, 0.3) is 5.91 Å². The third-order valence-corrected chi connectivity index (χ3v) is 3.02. The first-order valence-corrected chi connectivity index (χ1v) is 6.35. The molecule has 1 N–H and O–H groups in total. The average molecular weight is 312 g/mol. The maximum Gasteiger partial charge on any atom is 0.433 e. The van der Waals surface area contributed by atoms with Gasteiger partial charge in [-0.3, -0.25) is 4.79 Å². The molecule has 0 aliphatic heterocycles. The van der Waals surface area contributed by atoms with Gasteiger partial charge in [0.15, 0.2) is 0 Å². The maximum absolute atomic E-state index is 13.4. The molecule has 0 unspecified atom stereocenters. The van der Waals surface area contributed by atoms with E-state index in [-0.39, 0.29) is 23.4 Å². The molecule has 0 aliphatic rings. The quantitative estimate of drug-likeness (QED) is 0.882. The van der Waals surface area contributed by atoms with Gasteiger partial charge in [-0.15, -0.1) is 0 Å². The predicted octanol–water partition coefficient (Wildman–Crippen LogP) is 3.48. The fourth-order valence-corrected chi connectivity index (χ4v) is 1.87. The van der Waals surface area contributed by atoms with Crippen LogP contribution in [0.1, 0.15) is 27.3 Å². The lowest BCUT2D eigenvalue weighted by molar-refractivity contribution is -0.141. The van der Waals surface area contributed by atoms with Crippen molar-refractivity contribution in [3.05, 3.63) is 64.7 Å². The van der Waals surface area contributed by atoms with Crippen molar-refractivity contribution in [1.82, 2.24) is 10.3 Å². The molecule has 0 atom stereocenters. The Morgan fingerprint density at radius 3 is 2.45 bits per heavy atom. The van der Waals surface area contributed by atoms with Gasteiger partial charge in [0.2, 0.25) is 0 Å². The number of carbonyl (C=O) groups excluding carboxylic acids is 1. The number of nitrogens with one attached hydrogen (secondary N) is 1. The number of carbonyl (C=O) groups is 1. The summed E-state index contributed by atoms with van der Waals surface area (Å²) in [4.78, 5) is 15.3. The molecule has 2 rings (SSSR count). The summed E-state index contributed by atoms with van der Waals surface area (Å²) in [5, 5.41) is 2.45. The van der Waals surface area contributed by atoms with Gasteiger partial charge in [0.05, 0.1) is 11.3 Å². The summed E-state index contributed by atoms with van der Waals surface area (Å²) in [6, 6.07) is 7.70. The summed E-state index contributed by atoms with van der Waals surface area (Å²) in [7, 11) is 0. The van der Waals surface area contributed by atoms with E-state index in [1.54, 1.807) is 6.07 Å². The first-order chi connectivity index (χ1) is 10.3. The van der Waals surface area contributed by atoms with Crippen molar-refractivity contribution in [3.8, 4) is 0 Å². The first kappa shape index (κ1) is 15.9. The van der Waals surface area contributed by atoms with Crippen LogP contribution in [-0.2, 0) is 12.7 Å². The van der Waals surface area contributed by atoms with Crippen molar-refractivity contribution in [1.29, 1.82) is 0 Å². The molecule has 0 saturated heterocycles. The minimum atomic E-state index is -4.56. The summed E-state index contributed by atoms with van der Waals surface area (Å²) in [5.74, 6) is -1.08. The highest BCUT2D eigenvalue weighted by Gasteiger charge is 2.33. The molecule has 0 bridgehead atoms. The van der Waals surface area contributed by atoms with Crippen LogP contribution in [0.15, 0.2) is 36.4 Å². The maximum atomic E-state index is 13.4. The van der Waals surface area contributed by atoms with Gasteiger partial charge in [0, 0.05) is 12.1 Å². The van der Waals surface area contributed by atoms with E-state index in [0.717, 1.165) is 12.1 Å². The van der Waals surface area contributed by atoms with E-state index in [1.165, 1.54) is 25.1 Å². The lowest BCUT2D eigenvalue weighted by Gasteiger charge is -2.10. The lowest BCUT2D eigenvalue weighted by Crippen LogP contribution is -2.25. The van der Waals surface area contributed by atoms with Crippen molar-refractivity contribution in [2.75, 3.05) is 0 Å². The van der Waals surface area contributed by atoms with Crippen LogP contribution >= 0.6 is 0 Å². The Kier molecular flexibility index (Phi) is 4.44. The van der Waals surface area contributed by atoms with E-state index in [4.69, 9.17) is 0 Å². The van der Waals surface area contributed by atoms with Gasteiger partial charge >= 0.3 is 6.18 Å². The Morgan fingerprint density at radius 1 is 1.18 bits per heavy atom. The molecule has 0 radical (unpaired) electrons. The number of halogens is 4. The molecule has 1 aromatic carbocycles. The van der Waals surface area contributed by atoms with Crippen LogP contribution in [-0.4, -0.2) is 10.9 Å². The number of hydrogen-bond acceptors (Lipinski definition) is 2. The highest BCUT2D eigenvalue weighted by molar-refractivity contribution is 5.95. The van der Waals surface area contributed by atoms with Gasteiger partial charge < -0.3 is 5.32 Å². The van der Waals surface area contributed by atoms with E-state index in [2.05, 4.69) is 10.3 Å². The molecule has 1 heterocycles. The zero-order chi connectivity index (χ0) is 16.3. The minimum Gasteiger partial charge on any atom is -0.348 e. The number of pyridine rings is 1. The number of amides is 1. The van der Waals surface area contributed by atoms with Gasteiger partial charge in [-0.25, -0.2) is 9.37 Å². The number of hydrogen-bond donors (Lipinski definition) is 1. The van der Waals surface area contributed by atoms with Crippen LogP contribution in [0.2, 0.25) is 0 Å². The predicted molar refractivity (Wildman–Crippen MR) is 71.5 cm³/mol. The van der Waals surface area contributed by atoms with Gasteiger partial charge in [-0.05, 0) is 25.1 Å². The number of nitrogens with zero attached hydrogens (tertiary/aromatic N) is 1. The molecule has 7 heteroatoms. The van der Waals surface area contributed by atoms with E-state index in [0.29, 0.717) is 0 Å². The average Bonchev–Trinajstić information content (AvgIpc) is 2.45. The molecular weight excluding hydrogens is 300 g/mol. The van der Waals surface area contributed by atoms with E-state index in [9.17, 15) is 22.4 Å². The zero-order valence-electron chi connectivity index (χ0n) is 11.5. The molecule has 22 heavy (non-hydrogen) atoms. The van der Waals surface area contributed by atoms with Crippen LogP contribution in [0.3, 0.4) is 0 Å². The number of aromatic nitrogens is 1. The van der Waals surface area contributed by atoms with E-state index in [1.807, 2.05) is 0 Å². The zero-order valence-corrected chi connectivity index (χ0v) is 11.5.